The molecule has 1 aromatic heterocycles. The molecule has 0 saturated carbocycles. The number of likely N-dealkylation sites (N-methyl/N-ethyl adjacent to an activating group) is 1. The first-order chi connectivity index (χ1) is 7.74. The van der Waals surface area contributed by atoms with E-state index >= 15 is 0 Å². The highest BCUT2D eigenvalue weighted by atomic mass is 16.3. The second-order valence-corrected chi connectivity index (χ2v) is 4.17. The van der Waals surface area contributed by atoms with E-state index in [1.807, 2.05) is 24.8 Å². The molecule has 2 heterocycles. The summed E-state index contributed by atoms with van der Waals surface area (Å²) in [6.07, 6.45) is 2.60. The summed E-state index contributed by atoms with van der Waals surface area (Å²) >= 11 is 0. The first-order valence-corrected chi connectivity index (χ1v) is 5.79. The maximum atomic E-state index is 12.2. The van der Waals surface area contributed by atoms with Crippen molar-refractivity contribution in [2.45, 2.75) is 26.3 Å². The van der Waals surface area contributed by atoms with Gasteiger partial charge in [0.25, 0.3) is 5.91 Å². The third kappa shape index (κ3) is 1.97. The Morgan fingerprint density at radius 1 is 1.69 bits per heavy atom. The van der Waals surface area contributed by atoms with Gasteiger partial charge < -0.3 is 14.6 Å². The normalized spacial score (nSPS) is 20.0. The lowest BCUT2D eigenvalue weighted by atomic mass is 10.2. The molecular formula is C12H18N2O2. The number of hydrogen-bond acceptors (Lipinski definition) is 3. The standard InChI is InChI=1S/C12H18N2O2/c1-3-14(10-4-6-13-8-10)12(15)11-9(2)5-7-16-11/h5,7,10,13H,3-4,6,8H2,1-2H3. The summed E-state index contributed by atoms with van der Waals surface area (Å²) in [4.78, 5) is 14.1. The second-order valence-electron chi connectivity index (χ2n) is 4.17. The van der Waals surface area contributed by atoms with Gasteiger partial charge in [-0.15, -0.1) is 0 Å². The van der Waals surface area contributed by atoms with Crippen molar-refractivity contribution in [3.05, 3.63) is 23.7 Å². The molecule has 4 heteroatoms. The zero-order valence-electron chi connectivity index (χ0n) is 9.82. The van der Waals surface area contributed by atoms with E-state index in [9.17, 15) is 4.79 Å². The molecule has 0 bridgehead atoms. The molecule has 0 aromatic carbocycles. The minimum atomic E-state index is 0.0127. The highest BCUT2D eigenvalue weighted by Crippen LogP contribution is 2.16. The SMILES string of the molecule is CCN(C(=O)c1occc1C)C1CCNC1. The zero-order chi connectivity index (χ0) is 11.5. The molecule has 1 aliphatic rings. The maximum absolute atomic E-state index is 12.2. The molecule has 1 atom stereocenters. The first-order valence-electron chi connectivity index (χ1n) is 5.79. The summed E-state index contributed by atoms with van der Waals surface area (Å²) in [5.41, 5.74) is 0.911. The van der Waals surface area contributed by atoms with Crippen LogP contribution in [0.1, 0.15) is 29.5 Å². The van der Waals surface area contributed by atoms with Crippen LogP contribution in [0.5, 0.6) is 0 Å². The van der Waals surface area contributed by atoms with Gasteiger partial charge >= 0.3 is 0 Å². The van der Waals surface area contributed by atoms with Crippen LogP contribution in [0.3, 0.4) is 0 Å². The van der Waals surface area contributed by atoms with Gasteiger partial charge in [0, 0.05) is 24.7 Å². The number of carbonyl (C=O) groups is 1. The molecule has 0 radical (unpaired) electrons. The van der Waals surface area contributed by atoms with Crippen LogP contribution >= 0.6 is 0 Å². The number of nitrogens with one attached hydrogen (secondary N) is 1. The monoisotopic (exact) mass is 222 g/mol. The Morgan fingerprint density at radius 3 is 3.00 bits per heavy atom. The van der Waals surface area contributed by atoms with Gasteiger partial charge in [-0.05, 0) is 32.9 Å². The maximum Gasteiger partial charge on any atom is 0.290 e. The average Bonchev–Trinajstić information content (AvgIpc) is 2.90. The van der Waals surface area contributed by atoms with E-state index in [-0.39, 0.29) is 5.91 Å². The van der Waals surface area contributed by atoms with Crippen molar-refractivity contribution in [2.24, 2.45) is 0 Å². The number of rotatable bonds is 3. The Morgan fingerprint density at radius 2 is 2.50 bits per heavy atom. The molecule has 16 heavy (non-hydrogen) atoms. The van der Waals surface area contributed by atoms with Gasteiger partial charge in [0.05, 0.1) is 6.26 Å². The van der Waals surface area contributed by atoms with Gasteiger partial charge in [0.15, 0.2) is 5.76 Å². The van der Waals surface area contributed by atoms with Crippen LogP contribution in [0.2, 0.25) is 0 Å². The summed E-state index contributed by atoms with van der Waals surface area (Å²) < 4.78 is 5.26. The second kappa shape index (κ2) is 4.70. The van der Waals surface area contributed by atoms with Gasteiger partial charge in [-0.3, -0.25) is 4.79 Å². The molecule has 1 fully saturated rings. The number of aryl methyl sites for hydroxylation is 1. The van der Waals surface area contributed by atoms with Crippen molar-refractivity contribution in [2.75, 3.05) is 19.6 Å². The lowest BCUT2D eigenvalue weighted by molar-refractivity contribution is 0.0670. The fourth-order valence-electron chi connectivity index (χ4n) is 2.20. The summed E-state index contributed by atoms with van der Waals surface area (Å²) in [5.74, 6) is 0.493. The molecule has 4 nitrogen and oxygen atoms in total. The minimum absolute atomic E-state index is 0.0127. The topological polar surface area (TPSA) is 45.5 Å². The molecule has 0 aliphatic carbocycles. The van der Waals surface area contributed by atoms with E-state index in [0.29, 0.717) is 11.8 Å². The molecule has 1 aliphatic heterocycles. The van der Waals surface area contributed by atoms with Crippen molar-refractivity contribution >= 4 is 5.91 Å². The van der Waals surface area contributed by atoms with E-state index in [0.717, 1.165) is 31.6 Å². The zero-order valence-corrected chi connectivity index (χ0v) is 9.82. The summed E-state index contributed by atoms with van der Waals surface area (Å²) in [7, 11) is 0. The van der Waals surface area contributed by atoms with E-state index in [1.165, 1.54) is 0 Å². The number of furan rings is 1. The summed E-state index contributed by atoms with van der Waals surface area (Å²) in [5, 5.41) is 3.28. The highest BCUT2D eigenvalue weighted by Gasteiger charge is 2.28. The molecule has 1 N–H and O–H groups in total. The van der Waals surface area contributed by atoms with Crippen molar-refractivity contribution in [3.8, 4) is 0 Å². The smallest absolute Gasteiger partial charge is 0.290 e. The molecule has 0 spiro atoms. The predicted octanol–water partition coefficient (Wildman–Crippen LogP) is 1.41. The van der Waals surface area contributed by atoms with Crippen LogP contribution in [-0.4, -0.2) is 36.5 Å². The summed E-state index contributed by atoms with van der Waals surface area (Å²) in [6, 6.07) is 2.13. The van der Waals surface area contributed by atoms with Crippen LogP contribution in [0, 0.1) is 6.92 Å². The predicted molar refractivity (Wildman–Crippen MR) is 61.4 cm³/mol. The number of amides is 1. The van der Waals surface area contributed by atoms with Crippen molar-refractivity contribution < 1.29 is 9.21 Å². The first kappa shape index (κ1) is 11.2. The van der Waals surface area contributed by atoms with E-state index in [1.54, 1.807) is 6.26 Å². The van der Waals surface area contributed by atoms with Crippen molar-refractivity contribution in [3.63, 3.8) is 0 Å². The molecule has 1 amide bonds. The quantitative estimate of drug-likeness (QED) is 0.841. The fraction of sp³-hybridized carbons (Fsp3) is 0.583. The van der Waals surface area contributed by atoms with Gasteiger partial charge in [0.1, 0.15) is 0 Å². The van der Waals surface area contributed by atoms with Gasteiger partial charge in [-0.1, -0.05) is 0 Å². The number of nitrogens with zero attached hydrogens (tertiary/aromatic N) is 1. The lowest BCUT2D eigenvalue weighted by Crippen LogP contribution is -2.41. The van der Waals surface area contributed by atoms with Gasteiger partial charge in [-0.25, -0.2) is 0 Å². The molecule has 1 aromatic rings. The Kier molecular flexibility index (Phi) is 3.29. The Hall–Kier alpha value is -1.29. The summed E-state index contributed by atoms with van der Waals surface area (Å²) in [6.45, 7) is 6.52. The van der Waals surface area contributed by atoms with Gasteiger partial charge in [0.2, 0.25) is 0 Å². The molecular weight excluding hydrogens is 204 g/mol. The van der Waals surface area contributed by atoms with Crippen molar-refractivity contribution in [1.82, 2.24) is 10.2 Å². The van der Waals surface area contributed by atoms with Gasteiger partial charge in [-0.2, -0.15) is 0 Å². The van der Waals surface area contributed by atoms with E-state index < -0.39 is 0 Å². The molecule has 1 saturated heterocycles. The molecule has 88 valence electrons. The lowest BCUT2D eigenvalue weighted by Gasteiger charge is -2.26. The average molecular weight is 222 g/mol. The largest absolute Gasteiger partial charge is 0.459 e. The fourth-order valence-corrected chi connectivity index (χ4v) is 2.20. The Balaban J connectivity index is 2.15. The van der Waals surface area contributed by atoms with Crippen LogP contribution in [0.25, 0.3) is 0 Å². The Labute approximate surface area is 95.6 Å². The third-order valence-corrected chi connectivity index (χ3v) is 3.13. The van der Waals surface area contributed by atoms with Crippen LogP contribution in [-0.2, 0) is 0 Å². The van der Waals surface area contributed by atoms with Crippen LogP contribution < -0.4 is 5.32 Å². The van der Waals surface area contributed by atoms with E-state index in [4.69, 9.17) is 4.42 Å². The number of carbonyl (C=O) groups excluding carboxylic acids is 1. The third-order valence-electron chi connectivity index (χ3n) is 3.13. The van der Waals surface area contributed by atoms with E-state index in [2.05, 4.69) is 5.32 Å². The van der Waals surface area contributed by atoms with Crippen LogP contribution in [0.4, 0.5) is 0 Å². The Bertz CT molecular complexity index is 367. The molecule has 2 rings (SSSR count). The minimum Gasteiger partial charge on any atom is -0.459 e. The van der Waals surface area contributed by atoms with Crippen molar-refractivity contribution in [1.29, 1.82) is 0 Å². The van der Waals surface area contributed by atoms with Crippen LogP contribution in [0.15, 0.2) is 16.7 Å². The number of hydrogen-bond donors (Lipinski definition) is 1. The molecule has 1 unspecified atom stereocenters. The highest BCUT2D eigenvalue weighted by molar-refractivity contribution is 5.93.